The molecule has 0 saturated heterocycles. The van der Waals surface area contributed by atoms with Crippen molar-refractivity contribution in [2.75, 3.05) is 0 Å². The van der Waals surface area contributed by atoms with Gasteiger partial charge in [0.25, 0.3) is 5.89 Å². The number of aromatic nitrogens is 2. The zero-order valence-electron chi connectivity index (χ0n) is 16.3. The van der Waals surface area contributed by atoms with Gasteiger partial charge in [0, 0.05) is 22.8 Å². The van der Waals surface area contributed by atoms with E-state index in [-0.39, 0.29) is 34.2 Å². The molecule has 0 unspecified atom stereocenters. The highest BCUT2D eigenvalue weighted by molar-refractivity contribution is 5.89. The maximum atomic E-state index is 14.4. The van der Waals surface area contributed by atoms with Gasteiger partial charge in [0.15, 0.2) is 0 Å². The van der Waals surface area contributed by atoms with E-state index in [1.807, 2.05) is 0 Å². The van der Waals surface area contributed by atoms with Gasteiger partial charge in [-0.05, 0) is 50.2 Å². The Hall–Kier alpha value is -4.07. The van der Waals surface area contributed by atoms with Gasteiger partial charge < -0.3 is 13.9 Å². The van der Waals surface area contributed by atoms with Crippen LogP contribution in [0.1, 0.15) is 13.8 Å². The van der Waals surface area contributed by atoms with Gasteiger partial charge in [-0.15, -0.1) is 10.2 Å². The lowest BCUT2D eigenvalue weighted by Gasteiger charge is -2.05. The van der Waals surface area contributed by atoms with Crippen molar-refractivity contribution in [2.24, 2.45) is 0 Å². The van der Waals surface area contributed by atoms with Crippen LogP contribution in [0.3, 0.4) is 0 Å². The summed E-state index contributed by atoms with van der Waals surface area (Å²) in [6.45, 7) is 10.0. The van der Waals surface area contributed by atoms with Gasteiger partial charge in [-0.25, -0.2) is 14.0 Å². The fourth-order valence-corrected chi connectivity index (χ4v) is 2.24. The molecule has 0 amide bonds. The molecule has 0 spiro atoms. The number of ether oxygens (including phenoxy) is 2. The zero-order valence-corrected chi connectivity index (χ0v) is 16.3. The van der Waals surface area contributed by atoms with Crippen LogP contribution in [-0.4, -0.2) is 22.1 Å². The molecule has 2 aromatic carbocycles. The number of halogens is 1. The van der Waals surface area contributed by atoms with E-state index in [0.29, 0.717) is 11.3 Å². The van der Waals surface area contributed by atoms with E-state index < -0.39 is 17.8 Å². The normalized spacial score (nSPS) is 10.4. The Kier molecular flexibility index (Phi) is 5.87. The first-order chi connectivity index (χ1) is 14.2. The predicted molar refractivity (Wildman–Crippen MR) is 106 cm³/mol. The van der Waals surface area contributed by atoms with Crippen LogP contribution in [0, 0.1) is 5.82 Å². The molecule has 1 aromatic heterocycles. The summed E-state index contributed by atoms with van der Waals surface area (Å²) in [5.41, 5.74) is 1.08. The van der Waals surface area contributed by atoms with Crippen molar-refractivity contribution < 1.29 is 27.9 Å². The fourth-order valence-electron chi connectivity index (χ4n) is 2.24. The topological polar surface area (TPSA) is 91.5 Å². The molecule has 0 saturated carbocycles. The first-order valence-electron chi connectivity index (χ1n) is 8.74. The number of hydrogen-bond donors (Lipinski definition) is 0. The lowest BCUT2D eigenvalue weighted by molar-refractivity contribution is -0.130. The zero-order chi connectivity index (χ0) is 21.8. The largest absolute Gasteiger partial charge is 0.423 e. The van der Waals surface area contributed by atoms with Gasteiger partial charge in [0.1, 0.15) is 17.3 Å². The molecular formula is C22H17FN2O5. The van der Waals surface area contributed by atoms with Crippen molar-refractivity contribution >= 4 is 11.9 Å². The molecule has 1 heterocycles. The number of nitrogens with zero attached hydrogens (tertiary/aromatic N) is 2. The Morgan fingerprint density at radius 1 is 0.867 bits per heavy atom. The van der Waals surface area contributed by atoms with Gasteiger partial charge in [-0.1, -0.05) is 13.2 Å². The molecule has 0 fully saturated rings. The number of carbonyl (C=O) groups excluding carboxylic acids is 2. The third-order valence-corrected chi connectivity index (χ3v) is 3.82. The minimum Gasteiger partial charge on any atom is -0.423 e. The molecule has 3 aromatic rings. The van der Waals surface area contributed by atoms with E-state index in [1.54, 1.807) is 31.2 Å². The smallest absolute Gasteiger partial charge is 0.338 e. The molecule has 0 radical (unpaired) electrons. The summed E-state index contributed by atoms with van der Waals surface area (Å²) in [4.78, 5) is 23.1. The third-order valence-electron chi connectivity index (χ3n) is 3.82. The van der Waals surface area contributed by atoms with Crippen molar-refractivity contribution in [3.8, 4) is 34.4 Å². The molecule has 3 rings (SSSR count). The molecule has 0 N–H and O–H groups in total. The van der Waals surface area contributed by atoms with Crippen LogP contribution in [0.2, 0.25) is 0 Å². The maximum Gasteiger partial charge on any atom is 0.338 e. The van der Waals surface area contributed by atoms with E-state index in [9.17, 15) is 14.0 Å². The standard InChI is InChI=1S/C22H17FN2O5/c1-12(2)21(26)28-15-7-5-14(6-8-15)19-24-25-20(30-19)17-10-9-16(11-18(17)23)29-22(27)13(3)4/h5-11H,1,3H2,2,4H3. The summed E-state index contributed by atoms with van der Waals surface area (Å²) >= 11 is 0. The van der Waals surface area contributed by atoms with Crippen molar-refractivity contribution in [3.63, 3.8) is 0 Å². The minimum absolute atomic E-state index is 0.0314. The lowest BCUT2D eigenvalue weighted by atomic mass is 10.2. The summed E-state index contributed by atoms with van der Waals surface area (Å²) in [7, 11) is 0. The van der Waals surface area contributed by atoms with Crippen molar-refractivity contribution in [2.45, 2.75) is 13.8 Å². The molecule has 7 nitrogen and oxygen atoms in total. The van der Waals surface area contributed by atoms with Crippen molar-refractivity contribution in [3.05, 3.63) is 72.6 Å². The highest BCUT2D eigenvalue weighted by atomic mass is 19.1. The molecule has 0 aliphatic heterocycles. The van der Waals surface area contributed by atoms with Crippen LogP contribution in [0.5, 0.6) is 11.5 Å². The quantitative estimate of drug-likeness (QED) is 0.337. The molecule has 0 bridgehead atoms. The molecule has 152 valence electrons. The predicted octanol–water partition coefficient (Wildman–Crippen LogP) is 4.51. The van der Waals surface area contributed by atoms with Crippen LogP contribution in [0.15, 0.2) is 71.2 Å². The average molecular weight is 408 g/mol. The molecule has 0 aliphatic rings. The van der Waals surface area contributed by atoms with E-state index >= 15 is 0 Å². The number of esters is 2. The molecule has 0 aliphatic carbocycles. The van der Waals surface area contributed by atoms with Crippen LogP contribution in [0.25, 0.3) is 22.9 Å². The Labute approximate surface area is 171 Å². The maximum absolute atomic E-state index is 14.4. The first-order valence-corrected chi connectivity index (χ1v) is 8.74. The second-order valence-electron chi connectivity index (χ2n) is 6.42. The van der Waals surface area contributed by atoms with Crippen molar-refractivity contribution in [1.29, 1.82) is 0 Å². The average Bonchev–Trinajstić information content (AvgIpc) is 3.18. The van der Waals surface area contributed by atoms with Gasteiger partial charge >= 0.3 is 11.9 Å². The van der Waals surface area contributed by atoms with Crippen molar-refractivity contribution in [1.82, 2.24) is 10.2 Å². The fraction of sp³-hybridized carbons (Fsp3) is 0.0909. The van der Waals surface area contributed by atoms with E-state index in [2.05, 4.69) is 23.4 Å². The second-order valence-corrected chi connectivity index (χ2v) is 6.42. The summed E-state index contributed by atoms with van der Waals surface area (Å²) < 4.78 is 30.1. The number of rotatable bonds is 6. The monoisotopic (exact) mass is 408 g/mol. The summed E-state index contributed by atoms with van der Waals surface area (Å²) in [5, 5.41) is 7.78. The molecule has 0 atom stereocenters. The van der Waals surface area contributed by atoms with Gasteiger partial charge in [-0.2, -0.15) is 0 Å². The molecular weight excluding hydrogens is 391 g/mol. The van der Waals surface area contributed by atoms with Crippen LogP contribution >= 0.6 is 0 Å². The number of benzene rings is 2. The first kappa shape index (κ1) is 20.7. The second kappa shape index (κ2) is 8.52. The molecule has 8 heteroatoms. The number of hydrogen-bond acceptors (Lipinski definition) is 7. The van der Waals surface area contributed by atoms with E-state index in [4.69, 9.17) is 13.9 Å². The highest BCUT2D eigenvalue weighted by Crippen LogP contribution is 2.29. The van der Waals surface area contributed by atoms with Gasteiger partial charge in [0.2, 0.25) is 5.89 Å². The lowest BCUT2D eigenvalue weighted by Crippen LogP contribution is -2.08. The summed E-state index contributed by atoms with van der Waals surface area (Å²) in [5.74, 6) is -1.41. The van der Waals surface area contributed by atoms with Crippen LogP contribution in [-0.2, 0) is 9.59 Å². The van der Waals surface area contributed by atoms with Gasteiger partial charge in [0.05, 0.1) is 5.56 Å². The summed E-state index contributed by atoms with van der Waals surface area (Å²) in [6.07, 6.45) is 0. The van der Waals surface area contributed by atoms with Gasteiger partial charge in [-0.3, -0.25) is 0 Å². The minimum atomic E-state index is -0.695. The van der Waals surface area contributed by atoms with Crippen LogP contribution in [0.4, 0.5) is 4.39 Å². The van der Waals surface area contributed by atoms with E-state index in [0.717, 1.165) is 6.07 Å². The Morgan fingerprint density at radius 2 is 1.40 bits per heavy atom. The SMILES string of the molecule is C=C(C)C(=O)Oc1ccc(-c2nnc(-c3ccc(OC(=O)C(=C)C)cc3F)o2)cc1. The summed E-state index contributed by atoms with van der Waals surface area (Å²) in [6, 6.07) is 10.2. The highest BCUT2D eigenvalue weighted by Gasteiger charge is 2.16. The molecule has 30 heavy (non-hydrogen) atoms. The number of carbonyl (C=O) groups is 2. The Bertz CT molecular complexity index is 1150. The Balaban J connectivity index is 1.77. The van der Waals surface area contributed by atoms with Crippen LogP contribution < -0.4 is 9.47 Å². The third kappa shape index (κ3) is 4.67. The Morgan fingerprint density at radius 3 is 1.97 bits per heavy atom. The van der Waals surface area contributed by atoms with E-state index in [1.165, 1.54) is 19.1 Å².